The highest BCUT2D eigenvalue weighted by Gasteiger charge is 2.20. The Kier molecular flexibility index (Phi) is 5.35. The first-order valence-corrected chi connectivity index (χ1v) is 7.47. The molecule has 1 aromatic heterocycles. The minimum Gasteiger partial charge on any atom is -0.357 e. The van der Waals surface area contributed by atoms with E-state index in [9.17, 15) is 4.79 Å². The molecule has 2 rings (SSSR count). The van der Waals surface area contributed by atoms with Gasteiger partial charge in [-0.15, -0.1) is 0 Å². The van der Waals surface area contributed by atoms with Gasteiger partial charge in [-0.1, -0.05) is 0 Å². The Morgan fingerprint density at radius 2 is 2.25 bits per heavy atom. The van der Waals surface area contributed by atoms with Gasteiger partial charge >= 0.3 is 0 Å². The molecule has 0 aliphatic carbocycles. The molecule has 5 heteroatoms. The summed E-state index contributed by atoms with van der Waals surface area (Å²) in [6.45, 7) is 7.88. The molecular weight excluding hydrogens is 252 g/mol. The standard InChI is InChI=1S/C15H24N4O/c1-3-19(4-2)14-8-7-13(11-17-14)18-15(20)12-6-5-9-16-10-12/h7-8,11-12,16H,3-6,9-10H2,1-2H3,(H,18,20)/t12-/m0/s1. The van der Waals surface area contributed by atoms with Crippen molar-refractivity contribution < 1.29 is 4.79 Å². The van der Waals surface area contributed by atoms with Crippen LogP contribution in [0.15, 0.2) is 18.3 Å². The highest BCUT2D eigenvalue weighted by atomic mass is 16.1. The van der Waals surface area contributed by atoms with Crippen molar-refractivity contribution in [2.75, 3.05) is 36.4 Å². The van der Waals surface area contributed by atoms with Crippen LogP contribution in [0.25, 0.3) is 0 Å². The lowest BCUT2D eigenvalue weighted by Gasteiger charge is -2.22. The summed E-state index contributed by atoms with van der Waals surface area (Å²) < 4.78 is 0. The normalized spacial score (nSPS) is 18.6. The molecule has 1 aromatic rings. The van der Waals surface area contributed by atoms with Gasteiger partial charge < -0.3 is 15.5 Å². The molecule has 0 bridgehead atoms. The van der Waals surface area contributed by atoms with Gasteiger partial charge in [0, 0.05) is 19.6 Å². The van der Waals surface area contributed by atoms with Crippen molar-refractivity contribution in [2.24, 2.45) is 5.92 Å². The quantitative estimate of drug-likeness (QED) is 0.862. The van der Waals surface area contributed by atoms with E-state index in [1.807, 2.05) is 12.1 Å². The third kappa shape index (κ3) is 3.70. The van der Waals surface area contributed by atoms with Crippen LogP contribution < -0.4 is 15.5 Å². The summed E-state index contributed by atoms with van der Waals surface area (Å²) in [4.78, 5) is 18.7. The van der Waals surface area contributed by atoms with Crippen molar-refractivity contribution in [1.82, 2.24) is 10.3 Å². The lowest BCUT2D eigenvalue weighted by molar-refractivity contribution is -0.120. The molecule has 110 valence electrons. The summed E-state index contributed by atoms with van der Waals surface area (Å²) in [5, 5.41) is 6.21. The summed E-state index contributed by atoms with van der Waals surface area (Å²) in [6.07, 6.45) is 3.77. The number of carbonyl (C=O) groups is 1. The average Bonchev–Trinajstić information content (AvgIpc) is 2.51. The zero-order chi connectivity index (χ0) is 14.4. The molecule has 1 aliphatic heterocycles. The fourth-order valence-electron chi connectivity index (χ4n) is 2.51. The highest BCUT2D eigenvalue weighted by Crippen LogP contribution is 2.16. The van der Waals surface area contributed by atoms with E-state index < -0.39 is 0 Å². The molecule has 1 amide bonds. The number of aromatic nitrogens is 1. The summed E-state index contributed by atoms with van der Waals surface area (Å²) in [6, 6.07) is 3.89. The second kappa shape index (κ2) is 7.24. The molecule has 0 radical (unpaired) electrons. The zero-order valence-electron chi connectivity index (χ0n) is 12.4. The van der Waals surface area contributed by atoms with Gasteiger partial charge in [0.05, 0.1) is 17.8 Å². The van der Waals surface area contributed by atoms with E-state index >= 15 is 0 Å². The number of hydrogen-bond acceptors (Lipinski definition) is 4. The van der Waals surface area contributed by atoms with Crippen molar-refractivity contribution in [3.8, 4) is 0 Å². The number of nitrogens with zero attached hydrogens (tertiary/aromatic N) is 2. The maximum atomic E-state index is 12.1. The van der Waals surface area contributed by atoms with Crippen molar-refractivity contribution >= 4 is 17.4 Å². The van der Waals surface area contributed by atoms with Crippen LogP contribution in [0, 0.1) is 5.92 Å². The molecule has 0 aromatic carbocycles. The molecule has 1 aliphatic rings. The van der Waals surface area contributed by atoms with Crippen LogP contribution in [0.3, 0.4) is 0 Å². The summed E-state index contributed by atoms with van der Waals surface area (Å²) in [7, 11) is 0. The predicted octanol–water partition coefficient (Wildman–Crippen LogP) is 1.87. The van der Waals surface area contributed by atoms with Crippen LogP contribution in [0.5, 0.6) is 0 Å². The predicted molar refractivity (Wildman–Crippen MR) is 82.0 cm³/mol. The molecule has 1 fully saturated rings. The lowest BCUT2D eigenvalue weighted by Crippen LogP contribution is -2.37. The van der Waals surface area contributed by atoms with E-state index in [-0.39, 0.29) is 11.8 Å². The molecule has 20 heavy (non-hydrogen) atoms. The van der Waals surface area contributed by atoms with Gasteiger partial charge in [0.2, 0.25) is 5.91 Å². The van der Waals surface area contributed by atoms with Gasteiger partial charge in [0.1, 0.15) is 5.82 Å². The molecule has 1 atom stereocenters. The number of hydrogen-bond donors (Lipinski definition) is 2. The summed E-state index contributed by atoms with van der Waals surface area (Å²) >= 11 is 0. The van der Waals surface area contributed by atoms with Gasteiger partial charge in [0.15, 0.2) is 0 Å². The minimum atomic E-state index is 0.0752. The second-order valence-corrected chi connectivity index (χ2v) is 5.11. The smallest absolute Gasteiger partial charge is 0.228 e. The van der Waals surface area contributed by atoms with Crippen LogP contribution in [0.1, 0.15) is 26.7 Å². The van der Waals surface area contributed by atoms with Crippen molar-refractivity contribution in [2.45, 2.75) is 26.7 Å². The fourth-order valence-corrected chi connectivity index (χ4v) is 2.51. The van der Waals surface area contributed by atoms with E-state index in [1.54, 1.807) is 6.20 Å². The van der Waals surface area contributed by atoms with Crippen LogP contribution in [0.4, 0.5) is 11.5 Å². The van der Waals surface area contributed by atoms with Crippen molar-refractivity contribution in [3.63, 3.8) is 0 Å². The molecular formula is C15H24N4O. The molecule has 5 nitrogen and oxygen atoms in total. The van der Waals surface area contributed by atoms with Crippen LogP contribution in [-0.4, -0.2) is 37.1 Å². The third-order valence-electron chi connectivity index (χ3n) is 3.77. The molecule has 2 heterocycles. The minimum absolute atomic E-state index is 0.0752. The summed E-state index contributed by atoms with van der Waals surface area (Å²) in [5.41, 5.74) is 0.775. The third-order valence-corrected chi connectivity index (χ3v) is 3.77. The first-order valence-electron chi connectivity index (χ1n) is 7.47. The van der Waals surface area contributed by atoms with Gasteiger partial charge in [-0.2, -0.15) is 0 Å². The average molecular weight is 276 g/mol. The van der Waals surface area contributed by atoms with Crippen molar-refractivity contribution in [3.05, 3.63) is 18.3 Å². The Morgan fingerprint density at radius 3 is 2.80 bits per heavy atom. The van der Waals surface area contributed by atoms with Crippen LogP contribution >= 0.6 is 0 Å². The van der Waals surface area contributed by atoms with E-state index in [0.717, 1.165) is 50.5 Å². The van der Waals surface area contributed by atoms with E-state index in [4.69, 9.17) is 0 Å². The highest BCUT2D eigenvalue weighted by molar-refractivity contribution is 5.92. The number of pyridine rings is 1. The number of amides is 1. The first-order chi connectivity index (χ1) is 9.74. The first kappa shape index (κ1) is 14.8. The van der Waals surface area contributed by atoms with E-state index in [2.05, 4.69) is 34.4 Å². The van der Waals surface area contributed by atoms with Gasteiger partial charge in [0.25, 0.3) is 0 Å². The topological polar surface area (TPSA) is 57.3 Å². The number of anilines is 2. The zero-order valence-corrected chi connectivity index (χ0v) is 12.4. The molecule has 2 N–H and O–H groups in total. The second-order valence-electron chi connectivity index (χ2n) is 5.11. The number of piperidine rings is 1. The Labute approximate surface area is 120 Å². The number of nitrogens with one attached hydrogen (secondary N) is 2. The Morgan fingerprint density at radius 1 is 1.45 bits per heavy atom. The monoisotopic (exact) mass is 276 g/mol. The molecule has 0 saturated carbocycles. The molecule has 1 saturated heterocycles. The molecule has 0 unspecified atom stereocenters. The fraction of sp³-hybridized carbons (Fsp3) is 0.600. The van der Waals surface area contributed by atoms with Crippen LogP contribution in [-0.2, 0) is 4.79 Å². The van der Waals surface area contributed by atoms with E-state index in [0.29, 0.717) is 0 Å². The van der Waals surface area contributed by atoms with Gasteiger partial charge in [-0.3, -0.25) is 4.79 Å². The Hall–Kier alpha value is -1.62. The van der Waals surface area contributed by atoms with Crippen molar-refractivity contribution in [1.29, 1.82) is 0 Å². The van der Waals surface area contributed by atoms with Gasteiger partial charge in [-0.05, 0) is 45.4 Å². The Bertz CT molecular complexity index is 422. The number of rotatable bonds is 5. The van der Waals surface area contributed by atoms with Crippen LogP contribution in [0.2, 0.25) is 0 Å². The SMILES string of the molecule is CCN(CC)c1ccc(NC(=O)[C@H]2CCCNC2)cn1. The molecule has 0 spiro atoms. The largest absolute Gasteiger partial charge is 0.357 e. The maximum Gasteiger partial charge on any atom is 0.228 e. The van der Waals surface area contributed by atoms with E-state index in [1.165, 1.54) is 0 Å². The summed E-state index contributed by atoms with van der Waals surface area (Å²) in [5.74, 6) is 1.12. The maximum absolute atomic E-state index is 12.1. The van der Waals surface area contributed by atoms with Gasteiger partial charge in [-0.25, -0.2) is 4.98 Å². The Balaban J connectivity index is 1.94. The number of carbonyl (C=O) groups excluding carboxylic acids is 1. The lowest BCUT2D eigenvalue weighted by atomic mass is 9.99.